The predicted molar refractivity (Wildman–Crippen MR) is 135 cm³/mol. The molecule has 3 aromatic rings. The van der Waals surface area contributed by atoms with Crippen LogP contribution in [0, 0.1) is 5.92 Å². The summed E-state index contributed by atoms with van der Waals surface area (Å²) in [5.74, 6) is 0.804. The van der Waals surface area contributed by atoms with Gasteiger partial charge in [0.1, 0.15) is 12.2 Å². The Morgan fingerprint density at radius 1 is 1.22 bits per heavy atom. The number of fused-ring (bicyclic) bond motifs is 1. The fourth-order valence-electron chi connectivity index (χ4n) is 5.74. The third-order valence-electron chi connectivity index (χ3n) is 8.25. The van der Waals surface area contributed by atoms with Crippen LogP contribution in [0.3, 0.4) is 0 Å². The smallest absolute Gasteiger partial charge is 0.264 e. The number of carbonyl (C=O) groups is 1. The SMILES string of the molecule is Cn1cnnc1C(c1cccc(N2Cc3c(cc(CNC4(C)CCC4)cc3C(F)F)C2=O)c1)C1COC1. The molecule has 194 valence electrons. The first-order valence-electron chi connectivity index (χ1n) is 12.9. The summed E-state index contributed by atoms with van der Waals surface area (Å²) in [6.45, 7) is 4.01. The van der Waals surface area contributed by atoms with Gasteiger partial charge in [0.25, 0.3) is 12.3 Å². The number of rotatable bonds is 8. The van der Waals surface area contributed by atoms with Crippen LogP contribution in [-0.2, 0) is 24.9 Å². The Hall–Kier alpha value is -3.17. The zero-order valence-electron chi connectivity index (χ0n) is 21.1. The van der Waals surface area contributed by atoms with Crippen LogP contribution in [0.25, 0.3) is 0 Å². The van der Waals surface area contributed by atoms with Gasteiger partial charge >= 0.3 is 0 Å². The highest BCUT2D eigenvalue weighted by Crippen LogP contribution is 2.40. The molecule has 6 rings (SSSR count). The average Bonchev–Trinajstić information content (AvgIpc) is 3.41. The van der Waals surface area contributed by atoms with E-state index in [4.69, 9.17) is 4.74 Å². The predicted octanol–water partition coefficient (Wildman–Crippen LogP) is 4.72. The lowest BCUT2D eigenvalue weighted by atomic mass is 9.78. The molecule has 0 bridgehead atoms. The van der Waals surface area contributed by atoms with Crippen LogP contribution in [0.1, 0.15) is 77.0 Å². The number of alkyl halides is 2. The van der Waals surface area contributed by atoms with E-state index in [1.165, 1.54) is 6.42 Å². The fourth-order valence-corrected chi connectivity index (χ4v) is 5.74. The molecule has 2 aliphatic heterocycles. The molecule has 7 nitrogen and oxygen atoms in total. The number of amides is 1. The number of hydrogen-bond donors (Lipinski definition) is 1. The number of nitrogens with zero attached hydrogens (tertiary/aromatic N) is 4. The molecule has 1 aliphatic carbocycles. The molecule has 1 unspecified atom stereocenters. The summed E-state index contributed by atoms with van der Waals surface area (Å²) < 4.78 is 35.6. The summed E-state index contributed by atoms with van der Waals surface area (Å²) in [5.41, 5.74) is 3.19. The zero-order valence-corrected chi connectivity index (χ0v) is 21.1. The van der Waals surface area contributed by atoms with Crippen LogP contribution in [-0.4, -0.2) is 39.4 Å². The number of halogens is 2. The highest BCUT2D eigenvalue weighted by molar-refractivity contribution is 6.10. The van der Waals surface area contributed by atoms with Crippen molar-refractivity contribution in [2.75, 3.05) is 18.1 Å². The minimum Gasteiger partial charge on any atom is -0.381 e. The van der Waals surface area contributed by atoms with Crippen LogP contribution in [0.5, 0.6) is 0 Å². The van der Waals surface area contributed by atoms with E-state index >= 15 is 0 Å². The maximum atomic E-state index is 14.1. The first kappa shape index (κ1) is 24.2. The maximum Gasteiger partial charge on any atom is 0.264 e. The molecular weight excluding hydrogens is 476 g/mol. The Morgan fingerprint density at radius 2 is 2.03 bits per heavy atom. The average molecular weight is 508 g/mol. The molecule has 37 heavy (non-hydrogen) atoms. The van der Waals surface area contributed by atoms with Crippen molar-refractivity contribution in [3.63, 3.8) is 0 Å². The maximum absolute atomic E-state index is 14.1. The normalized spacial score (nSPS) is 19.6. The lowest BCUT2D eigenvalue weighted by Gasteiger charge is -2.39. The van der Waals surface area contributed by atoms with Gasteiger partial charge in [-0.25, -0.2) is 8.78 Å². The van der Waals surface area contributed by atoms with E-state index in [9.17, 15) is 13.6 Å². The van der Waals surface area contributed by atoms with Crippen LogP contribution in [0.4, 0.5) is 14.5 Å². The minimum atomic E-state index is -2.65. The fraction of sp³-hybridized carbons (Fsp3) is 0.464. The van der Waals surface area contributed by atoms with Crippen molar-refractivity contribution >= 4 is 11.6 Å². The Bertz CT molecular complexity index is 1330. The summed E-state index contributed by atoms with van der Waals surface area (Å²) in [4.78, 5) is 15.2. The number of aryl methyl sites for hydroxylation is 1. The van der Waals surface area contributed by atoms with Gasteiger partial charge in [-0.3, -0.25) is 4.79 Å². The Labute approximate surface area is 214 Å². The zero-order chi connectivity index (χ0) is 25.7. The van der Waals surface area contributed by atoms with Crippen LogP contribution >= 0.6 is 0 Å². The molecule has 1 atom stereocenters. The number of anilines is 1. The first-order valence-corrected chi connectivity index (χ1v) is 12.9. The van der Waals surface area contributed by atoms with E-state index in [0.717, 1.165) is 29.8 Å². The molecule has 3 heterocycles. The molecule has 0 spiro atoms. The van der Waals surface area contributed by atoms with Crippen LogP contribution < -0.4 is 10.2 Å². The van der Waals surface area contributed by atoms with Gasteiger partial charge in [0.15, 0.2) is 0 Å². The standard InChI is InChI=1S/C28H31F2N5O2/c1-28(7-4-8-28)31-12-17-9-21(25(29)30)23-13-35(27(36)22(23)10-17)20-6-3-5-18(11-20)24(19-14-37-15-19)26-33-32-16-34(26)2/h3,5-6,9-11,16,19,24-25,31H,4,7-8,12-15H2,1-2H3. The second kappa shape index (κ2) is 9.29. The molecule has 2 aromatic carbocycles. The van der Waals surface area contributed by atoms with E-state index < -0.39 is 6.43 Å². The van der Waals surface area contributed by atoms with E-state index in [1.54, 1.807) is 23.4 Å². The Kier molecular flexibility index (Phi) is 6.07. The van der Waals surface area contributed by atoms with Gasteiger partial charge in [-0.05, 0) is 67.1 Å². The van der Waals surface area contributed by atoms with Crippen molar-refractivity contribution in [3.8, 4) is 0 Å². The number of benzene rings is 2. The molecule has 1 aromatic heterocycles. The van der Waals surface area contributed by atoms with E-state index in [-0.39, 0.29) is 35.4 Å². The van der Waals surface area contributed by atoms with Crippen LogP contribution in [0.15, 0.2) is 42.7 Å². The topological polar surface area (TPSA) is 72.3 Å². The van der Waals surface area contributed by atoms with Gasteiger partial charge in [0.2, 0.25) is 0 Å². The number of carbonyl (C=O) groups excluding carboxylic acids is 1. The first-order chi connectivity index (χ1) is 17.8. The monoisotopic (exact) mass is 507 g/mol. The summed E-state index contributed by atoms with van der Waals surface area (Å²) in [6.07, 6.45) is 2.35. The highest BCUT2D eigenvalue weighted by Gasteiger charge is 2.37. The lowest BCUT2D eigenvalue weighted by Crippen LogP contribution is -2.47. The van der Waals surface area contributed by atoms with Crippen molar-refractivity contribution in [2.45, 2.75) is 57.2 Å². The van der Waals surface area contributed by atoms with Crippen LogP contribution in [0.2, 0.25) is 0 Å². The number of ether oxygens (including phenoxy) is 1. The summed E-state index contributed by atoms with van der Waals surface area (Å²) in [5, 5.41) is 11.9. The molecule has 1 amide bonds. The molecule has 1 saturated heterocycles. The Balaban J connectivity index is 1.31. The van der Waals surface area contributed by atoms with Crippen molar-refractivity contribution in [2.24, 2.45) is 13.0 Å². The number of hydrogen-bond acceptors (Lipinski definition) is 5. The molecular formula is C28H31F2N5O2. The second-order valence-electron chi connectivity index (χ2n) is 10.8. The van der Waals surface area contributed by atoms with E-state index in [2.05, 4.69) is 22.4 Å². The second-order valence-corrected chi connectivity index (χ2v) is 10.8. The molecule has 1 N–H and O–H groups in total. The largest absolute Gasteiger partial charge is 0.381 e. The molecule has 3 aliphatic rings. The molecule has 0 radical (unpaired) electrons. The summed E-state index contributed by atoms with van der Waals surface area (Å²) in [6, 6.07) is 11.1. The van der Waals surface area contributed by atoms with Crippen molar-refractivity contribution in [1.82, 2.24) is 20.1 Å². The minimum absolute atomic E-state index is 0.0385. The van der Waals surface area contributed by atoms with Crippen molar-refractivity contribution in [1.29, 1.82) is 0 Å². The number of nitrogens with one attached hydrogen (secondary N) is 1. The van der Waals surface area contributed by atoms with Crippen molar-refractivity contribution < 1.29 is 18.3 Å². The summed E-state index contributed by atoms with van der Waals surface area (Å²) in [7, 11) is 1.91. The summed E-state index contributed by atoms with van der Waals surface area (Å²) >= 11 is 0. The molecule has 9 heteroatoms. The van der Waals surface area contributed by atoms with Gasteiger partial charge in [-0.1, -0.05) is 12.1 Å². The molecule has 2 fully saturated rings. The highest BCUT2D eigenvalue weighted by atomic mass is 19.3. The van der Waals surface area contributed by atoms with Crippen molar-refractivity contribution in [3.05, 3.63) is 76.4 Å². The van der Waals surface area contributed by atoms with Gasteiger partial charge in [-0.15, -0.1) is 10.2 Å². The van der Waals surface area contributed by atoms with Gasteiger partial charge < -0.3 is 19.5 Å². The van der Waals surface area contributed by atoms with Gasteiger partial charge in [0.05, 0.1) is 25.7 Å². The number of aromatic nitrogens is 3. The quantitative estimate of drug-likeness (QED) is 0.478. The van der Waals surface area contributed by atoms with Gasteiger partial charge in [-0.2, -0.15) is 0 Å². The van der Waals surface area contributed by atoms with E-state index in [0.29, 0.717) is 36.6 Å². The van der Waals surface area contributed by atoms with E-state index in [1.807, 2.05) is 35.9 Å². The third kappa shape index (κ3) is 4.34. The third-order valence-corrected chi connectivity index (χ3v) is 8.25. The van der Waals surface area contributed by atoms with Gasteiger partial charge in [0, 0.05) is 41.9 Å². The molecule has 1 saturated carbocycles. The Morgan fingerprint density at radius 3 is 2.65 bits per heavy atom. The lowest BCUT2D eigenvalue weighted by molar-refractivity contribution is -0.0407.